The highest BCUT2D eigenvalue weighted by molar-refractivity contribution is 8.14. The molecule has 1 atom stereocenters. The highest BCUT2D eigenvalue weighted by atomic mass is 32.2. The van der Waals surface area contributed by atoms with Gasteiger partial charge in [0.1, 0.15) is 5.82 Å². The molecule has 158 valence electrons. The van der Waals surface area contributed by atoms with Crippen LogP contribution in [0.3, 0.4) is 0 Å². The fourth-order valence-electron chi connectivity index (χ4n) is 3.35. The Bertz CT molecular complexity index is 1090. The molecule has 3 rings (SSSR count). The van der Waals surface area contributed by atoms with Crippen molar-refractivity contribution in [2.75, 3.05) is 11.1 Å². The number of nitrogens with one attached hydrogen (secondary N) is 2. The van der Waals surface area contributed by atoms with Crippen molar-refractivity contribution >= 4 is 40.2 Å². The fourth-order valence-corrected chi connectivity index (χ4v) is 4.25. The summed E-state index contributed by atoms with van der Waals surface area (Å²) in [5, 5.41) is 5.70. The molecule has 1 aromatic heterocycles. The topological polar surface area (TPSA) is 92.6 Å². The average Bonchev–Trinajstić information content (AvgIpc) is 3.18. The molecular weight excluding hydrogens is 407 g/mol. The summed E-state index contributed by atoms with van der Waals surface area (Å²) in [4.78, 5) is 42.4. The van der Waals surface area contributed by atoms with Crippen LogP contribution in [0.1, 0.15) is 44.6 Å². The molecule has 7 nitrogen and oxygen atoms in total. The SMILES string of the molecule is Cc1cc(NC(=O)c2c(C)c(C(=O)C(=O)NC3=NC(C)CS3)n(C)c2C)ccc1F. The van der Waals surface area contributed by atoms with Gasteiger partial charge in [0.15, 0.2) is 5.17 Å². The number of halogens is 1. The van der Waals surface area contributed by atoms with E-state index in [1.165, 1.54) is 34.5 Å². The first-order chi connectivity index (χ1) is 14.1. The van der Waals surface area contributed by atoms with Crippen LogP contribution in [0.4, 0.5) is 10.1 Å². The predicted molar refractivity (Wildman–Crippen MR) is 116 cm³/mol. The van der Waals surface area contributed by atoms with Gasteiger partial charge in [-0.15, -0.1) is 0 Å². The summed E-state index contributed by atoms with van der Waals surface area (Å²) >= 11 is 1.38. The number of hydrogen-bond acceptors (Lipinski definition) is 5. The molecule has 0 fully saturated rings. The summed E-state index contributed by atoms with van der Waals surface area (Å²) in [7, 11) is 1.63. The zero-order valence-electron chi connectivity index (χ0n) is 17.4. The molecule has 2 aromatic rings. The summed E-state index contributed by atoms with van der Waals surface area (Å²) in [6, 6.07) is 4.36. The third-order valence-electron chi connectivity index (χ3n) is 5.01. The van der Waals surface area contributed by atoms with Crippen LogP contribution >= 0.6 is 11.8 Å². The number of aromatic nitrogens is 1. The number of amidine groups is 1. The Hall–Kier alpha value is -2.94. The van der Waals surface area contributed by atoms with E-state index in [0.717, 1.165) is 5.75 Å². The molecule has 1 aliphatic heterocycles. The first-order valence-electron chi connectivity index (χ1n) is 9.39. The number of amides is 2. The van der Waals surface area contributed by atoms with Gasteiger partial charge >= 0.3 is 0 Å². The van der Waals surface area contributed by atoms with E-state index in [1.54, 1.807) is 27.8 Å². The molecule has 1 unspecified atom stereocenters. The molecule has 0 aliphatic carbocycles. The fraction of sp³-hybridized carbons (Fsp3) is 0.333. The smallest absolute Gasteiger partial charge is 0.299 e. The number of anilines is 1. The van der Waals surface area contributed by atoms with E-state index in [4.69, 9.17) is 0 Å². The molecular formula is C21H23FN4O3S. The van der Waals surface area contributed by atoms with Crippen molar-refractivity contribution in [3.8, 4) is 0 Å². The Kier molecular flexibility index (Phi) is 6.12. The summed E-state index contributed by atoms with van der Waals surface area (Å²) in [5.41, 5.74) is 2.24. The molecule has 0 spiro atoms. The lowest BCUT2D eigenvalue weighted by molar-refractivity contribution is -0.115. The van der Waals surface area contributed by atoms with E-state index in [-0.39, 0.29) is 17.6 Å². The van der Waals surface area contributed by atoms with Gasteiger partial charge in [-0.25, -0.2) is 4.39 Å². The molecule has 2 amide bonds. The van der Waals surface area contributed by atoms with Gasteiger partial charge in [-0.2, -0.15) is 0 Å². The van der Waals surface area contributed by atoms with Crippen LogP contribution in [0, 0.1) is 26.6 Å². The van der Waals surface area contributed by atoms with Crippen molar-refractivity contribution in [1.82, 2.24) is 9.88 Å². The largest absolute Gasteiger partial charge is 0.344 e. The quantitative estimate of drug-likeness (QED) is 0.576. The van der Waals surface area contributed by atoms with Crippen molar-refractivity contribution in [3.05, 3.63) is 52.1 Å². The molecule has 1 aromatic carbocycles. The van der Waals surface area contributed by atoms with Crippen molar-refractivity contribution in [2.24, 2.45) is 12.0 Å². The monoisotopic (exact) mass is 430 g/mol. The maximum atomic E-state index is 13.5. The minimum Gasteiger partial charge on any atom is -0.344 e. The van der Waals surface area contributed by atoms with Crippen LogP contribution in [0.15, 0.2) is 23.2 Å². The normalized spacial score (nSPS) is 15.7. The number of Topliss-reactive ketones (excluding diaryl/α,β-unsaturated/α-hetero) is 1. The number of aryl methyl sites for hydroxylation is 1. The second kappa shape index (κ2) is 8.43. The number of rotatable bonds is 4. The van der Waals surface area contributed by atoms with Crippen LogP contribution in [0.2, 0.25) is 0 Å². The molecule has 0 bridgehead atoms. The van der Waals surface area contributed by atoms with Crippen LogP contribution < -0.4 is 10.6 Å². The number of hydrogen-bond donors (Lipinski definition) is 2. The molecule has 1 aliphatic rings. The number of carbonyl (C=O) groups excluding carboxylic acids is 3. The zero-order valence-corrected chi connectivity index (χ0v) is 18.2. The lowest BCUT2D eigenvalue weighted by Gasteiger charge is -2.07. The van der Waals surface area contributed by atoms with Gasteiger partial charge in [0.05, 0.1) is 17.3 Å². The first kappa shape index (κ1) is 21.8. The second-order valence-electron chi connectivity index (χ2n) is 7.29. The second-order valence-corrected chi connectivity index (χ2v) is 8.30. The molecule has 2 heterocycles. The number of benzene rings is 1. The summed E-state index contributed by atoms with van der Waals surface area (Å²) in [5.74, 6) is -1.58. The van der Waals surface area contributed by atoms with Gasteiger partial charge in [0, 0.05) is 24.2 Å². The Morgan fingerprint density at radius 2 is 1.90 bits per heavy atom. The van der Waals surface area contributed by atoms with Crippen molar-refractivity contribution in [3.63, 3.8) is 0 Å². The first-order valence-corrected chi connectivity index (χ1v) is 10.4. The van der Waals surface area contributed by atoms with Crippen LogP contribution in [0.5, 0.6) is 0 Å². The molecule has 0 radical (unpaired) electrons. The molecule has 0 saturated heterocycles. The van der Waals surface area contributed by atoms with Gasteiger partial charge < -0.3 is 9.88 Å². The van der Waals surface area contributed by atoms with E-state index in [0.29, 0.717) is 33.2 Å². The van der Waals surface area contributed by atoms with E-state index >= 15 is 0 Å². The lowest BCUT2D eigenvalue weighted by atomic mass is 10.1. The molecule has 9 heteroatoms. The van der Waals surface area contributed by atoms with E-state index < -0.39 is 17.6 Å². The molecule has 0 saturated carbocycles. The van der Waals surface area contributed by atoms with E-state index in [1.807, 2.05) is 6.92 Å². The van der Waals surface area contributed by atoms with Crippen LogP contribution in [-0.4, -0.2) is 39.1 Å². The van der Waals surface area contributed by atoms with E-state index in [2.05, 4.69) is 15.6 Å². The van der Waals surface area contributed by atoms with Gasteiger partial charge in [-0.3, -0.25) is 24.7 Å². The number of ketones is 1. The van der Waals surface area contributed by atoms with E-state index in [9.17, 15) is 18.8 Å². The maximum Gasteiger partial charge on any atom is 0.299 e. The zero-order chi connectivity index (χ0) is 22.2. The minimum atomic E-state index is -0.792. The number of nitrogens with zero attached hydrogens (tertiary/aromatic N) is 2. The highest BCUT2D eigenvalue weighted by Crippen LogP contribution is 2.24. The van der Waals surface area contributed by atoms with Crippen LogP contribution in [-0.2, 0) is 11.8 Å². The molecule has 2 N–H and O–H groups in total. The Labute approximate surface area is 178 Å². The standard InChI is InChI=1S/C21H23FN4O3S/c1-10-8-14(6-7-15(10)22)24-19(28)16-12(3)17(26(5)13(16)4)18(27)20(29)25-21-23-11(2)9-30-21/h6-8,11H,9H2,1-5H3,(H,24,28)(H,23,25,29). The number of thioether (sulfide) groups is 1. The van der Waals surface area contributed by atoms with Crippen molar-refractivity contribution < 1.29 is 18.8 Å². The summed E-state index contributed by atoms with van der Waals surface area (Å²) in [6.07, 6.45) is 0. The third kappa shape index (κ3) is 4.16. The lowest BCUT2D eigenvalue weighted by Crippen LogP contribution is -2.35. The van der Waals surface area contributed by atoms with Crippen molar-refractivity contribution in [1.29, 1.82) is 0 Å². The van der Waals surface area contributed by atoms with Gasteiger partial charge in [0.25, 0.3) is 17.6 Å². The summed E-state index contributed by atoms with van der Waals surface area (Å²) in [6.45, 7) is 6.85. The van der Waals surface area contributed by atoms with Crippen molar-refractivity contribution in [2.45, 2.75) is 33.7 Å². The highest BCUT2D eigenvalue weighted by Gasteiger charge is 2.29. The summed E-state index contributed by atoms with van der Waals surface area (Å²) < 4.78 is 15.0. The third-order valence-corrected chi connectivity index (χ3v) is 6.14. The minimum absolute atomic E-state index is 0.0878. The maximum absolute atomic E-state index is 13.5. The number of carbonyl (C=O) groups is 3. The molecule has 30 heavy (non-hydrogen) atoms. The predicted octanol–water partition coefficient (Wildman–Crippen LogP) is 3.13. The van der Waals surface area contributed by atoms with Gasteiger partial charge in [-0.05, 0) is 57.0 Å². The average molecular weight is 431 g/mol. The Morgan fingerprint density at radius 1 is 1.20 bits per heavy atom. The van der Waals surface area contributed by atoms with Crippen LogP contribution in [0.25, 0.3) is 0 Å². The number of aliphatic imine (C=N–C) groups is 1. The van der Waals surface area contributed by atoms with Gasteiger partial charge in [-0.1, -0.05) is 11.8 Å². The Balaban J connectivity index is 1.86. The van der Waals surface area contributed by atoms with Gasteiger partial charge in [0.2, 0.25) is 0 Å². The Morgan fingerprint density at radius 3 is 2.50 bits per heavy atom.